The van der Waals surface area contributed by atoms with Crippen LogP contribution in [-0.2, 0) is 9.59 Å². The van der Waals surface area contributed by atoms with E-state index in [-0.39, 0.29) is 24.2 Å². The second-order valence-electron chi connectivity index (χ2n) is 4.42. The minimum Gasteiger partial charge on any atom is -0.274 e. The quantitative estimate of drug-likeness (QED) is 0.468. The maximum Gasteiger partial charge on any atom is 0.238 e. The van der Waals surface area contributed by atoms with Crippen molar-refractivity contribution in [3.63, 3.8) is 0 Å². The van der Waals surface area contributed by atoms with E-state index < -0.39 is 0 Å². The number of benzene rings is 1. The molecule has 0 radical (unpaired) electrons. The fourth-order valence-electron chi connectivity index (χ4n) is 2.06. The van der Waals surface area contributed by atoms with Gasteiger partial charge >= 0.3 is 0 Å². The first-order chi connectivity index (χ1) is 9.52. The molecule has 1 fully saturated rings. The first-order valence-corrected chi connectivity index (χ1v) is 7.95. The largest absolute Gasteiger partial charge is 0.274 e. The minimum absolute atomic E-state index is 0.190. The zero-order chi connectivity index (χ0) is 14.7. The van der Waals surface area contributed by atoms with Crippen molar-refractivity contribution >= 4 is 52.5 Å². The van der Waals surface area contributed by atoms with Gasteiger partial charge in [-0.05, 0) is 18.2 Å². The highest BCUT2D eigenvalue weighted by molar-refractivity contribution is 7.99. The Morgan fingerprint density at radius 1 is 1.30 bits per heavy atom. The fourth-order valence-corrected chi connectivity index (χ4v) is 3.42. The summed E-state index contributed by atoms with van der Waals surface area (Å²) in [5.74, 6) is 0.690. The van der Waals surface area contributed by atoms with Crippen molar-refractivity contribution in [3.8, 4) is 0 Å². The Hall–Kier alpha value is -0.970. The normalized spacial score (nSPS) is 18.7. The van der Waals surface area contributed by atoms with Crippen molar-refractivity contribution in [2.45, 2.75) is 6.42 Å². The number of amides is 2. The summed E-state index contributed by atoms with van der Waals surface area (Å²) >= 11 is 13.4. The molecule has 2 amide bonds. The number of anilines is 1. The molecule has 1 heterocycles. The van der Waals surface area contributed by atoms with Gasteiger partial charge in [-0.2, -0.15) is 11.8 Å². The standard InChI is InChI=1S/C14H13Cl2NO2S/c1-2-3-20-8-9-4-13(18)17(14(9)19)12-6-10(15)5-11(16)7-12/h2,5-7,9H,1,3-4,8H2. The number of carbonyl (C=O) groups excluding carboxylic acids is 2. The van der Waals surface area contributed by atoms with E-state index in [9.17, 15) is 9.59 Å². The lowest BCUT2D eigenvalue weighted by atomic mass is 10.1. The molecule has 0 N–H and O–H groups in total. The third-order valence-corrected chi connectivity index (χ3v) is 4.45. The number of halogens is 2. The summed E-state index contributed by atoms with van der Waals surface area (Å²) in [5, 5.41) is 0.801. The smallest absolute Gasteiger partial charge is 0.238 e. The van der Waals surface area contributed by atoms with Crippen molar-refractivity contribution in [3.05, 3.63) is 40.9 Å². The molecule has 6 heteroatoms. The maximum atomic E-state index is 12.3. The molecule has 0 aromatic heterocycles. The van der Waals surface area contributed by atoms with Gasteiger partial charge in [0.15, 0.2) is 0 Å². The second kappa shape index (κ2) is 6.66. The molecule has 1 unspecified atom stereocenters. The number of hydrogen-bond donors (Lipinski definition) is 0. The molecule has 1 atom stereocenters. The van der Waals surface area contributed by atoms with Gasteiger partial charge in [0.2, 0.25) is 11.8 Å². The third kappa shape index (κ3) is 3.37. The van der Waals surface area contributed by atoms with Crippen LogP contribution in [0.4, 0.5) is 5.69 Å². The number of thioether (sulfide) groups is 1. The number of nitrogens with zero attached hydrogens (tertiary/aromatic N) is 1. The van der Waals surface area contributed by atoms with Gasteiger partial charge in [-0.3, -0.25) is 14.5 Å². The summed E-state index contributed by atoms with van der Waals surface area (Å²) in [6.07, 6.45) is 2.01. The Kier molecular flexibility index (Phi) is 5.13. The van der Waals surface area contributed by atoms with Crippen molar-refractivity contribution in [1.82, 2.24) is 0 Å². The fraction of sp³-hybridized carbons (Fsp3) is 0.286. The second-order valence-corrected chi connectivity index (χ2v) is 6.37. The van der Waals surface area contributed by atoms with Gasteiger partial charge in [0.25, 0.3) is 0 Å². The number of carbonyl (C=O) groups is 2. The Morgan fingerprint density at radius 3 is 2.55 bits per heavy atom. The number of hydrogen-bond acceptors (Lipinski definition) is 3. The molecule has 3 nitrogen and oxygen atoms in total. The van der Waals surface area contributed by atoms with Crippen LogP contribution >= 0.6 is 35.0 Å². The summed E-state index contributed by atoms with van der Waals surface area (Å²) in [7, 11) is 0. The molecule has 0 spiro atoms. The lowest BCUT2D eigenvalue weighted by molar-refractivity contribution is -0.122. The summed E-state index contributed by atoms with van der Waals surface area (Å²) < 4.78 is 0. The van der Waals surface area contributed by atoms with Gasteiger partial charge in [-0.15, -0.1) is 6.58 Å². The van der Waals surface area contributed by atoms with Gasteiger partial charge in [0, 0.05) is 28.0 Å². The van der Waals surface area contributed by atoms with E-state index in [0.717, 1.165) is 5.75 Å². The molecule has 1 saturated heterocycles. The molecule has 2 rings (SSSR count). The zero-order valence-electron chi connectivity index (χ0n) is 10.6. The highest BCUT2D eigenvalue weighted by Crippen LogP contribution is 2.32. The number of imide groups is 1. The summed E-state index contributed by atoms with van der Waals surface area (Å²) in [4.78, 5) is 25.5. The van der Waals surface area contributed by atoms with Gasteiger partial charge in [0.05, 0.1) is 11.6 Å². The van der Waals surface area contributed by atoms with Crippen LogP contribution in [0.1, 0.15) is 6.42 Å². The Morgan fingerprint density at radius 2 is 1.95 bits per heavy atom. The molecule has 1 aromatic carbocycles. The lowest BCUT2D eigenvalue weighted by Crippen LogP contribution is -2.30. The van der Waals surface area contributed by atoms with Crippen LogP contribution in [0.5, 0.6) is 0 Å². The van der Waals surface area contributed by atoms with E-state index in [0.29, 0.717) is 21.5 Å². The van der Waals surface area contributed by atoms with Crippen molar-refractivity contribution < 1.29 is 9.59 Å². The van der Waals surface area contributed by atoms with Crippen LogP contribution in [-0.4, -0.2) is 23.3 Å². The summed E-state index contributed by atoms with van der Waals surface area (Å²) in [6.45, 7) is 3.63. The van der Waals surface area contributed by atoms with Crippen molar-refractivity contribution in [1.29, 1.82) is 0 Å². The molecule has 106 valence electrons. The van der Waals surface area contributed by atoms with Gasteiger partial charge in [-0.1, -0.05) is 29.3 Å². The van der Waals surface area contributed by atoms with Crippen molar-refractivity contribution in [2.75, 3.05) is 16.4 Å². The predicted molar refractivity (Wildman–Crippen MR) is 84.6 cm³/mol. The third-order valence-electron chi connectivity index (χ3n) is 2.90. The summed E-state index contributed by atoms with van der Waals surface area (Å²) in [6, 6.07) is 4.71. The highest BCUT2D eigenvalue weighted by atomic mass is 35.5. The summed E-state index contributed by atoms with van der Waals surface area (Å²) in [5.41, 5.74) is 0.439. The van der Waals surface area contributed by atoms with E-state index in [2.05, 4.69) is 6.58 Å². The van der Waals surface area contributed by atoms with Crippen LogP contribution in [0.2, 0.25) is 10.0 Å². The van der Waals surface area contributed by atoms with Crippen molar-refractivity contribution in [2.24, 2.45) is 5.92 Å². The van der Waals surface area contributed by atoms with E-state index in [4.69, 9.17) is 23.2 Å². The van der Waals surface area contributed by atoms with Gasteiger partial charge in [-0.25, -0.2) is 0 Å². The molecule has 0 saturated carbocycles. The SMILES string of the molecule is C=CCSCC1CC(=O)N(c2cc(Cl)cc(Cl)c2)C1=O. The lowest BCUT2D eigenvalue weighted by Gasteiger charge is -2.15. The van der Waals surface area contributed by atoms with Crippen LogP contribution in [0, 0.1) is 5.92 Å². The van der Waals surface area contributed by atoms with Gasteiger partial charge in [0.1, 0.15) is 0 Å². The van der Waals surface area contributed by atoms with Gasteiger partial charge < -0.3 is 0 Å². The maximum absolute atomic E-state index is 12.3. The Balaban J connectivity index is 2.18. The van der Waals surface area contributed by atoms with E-state index in [1.54, 1.807) is 36.0 Å². The molecule has 1 aliphatic rings. The van der Waals surface area contributed by atoms with Crippen LogP contribution < -0.4 is 4.90 Å². The molecule has 1 aromatic rings. The molecular weight excluding hydrogens is 317 g/mol. The number of rotatable bonds is 5. The zero-order valence-corrected chi connectivity index (χ0v) is 13.0. The monoisotopic (exact) mass is 329 g/mol. The molecule has 1 aliphatic heterocycles. The Labute approximate surface area is 131 Å². The highest BCUT2D eigenvalue weighted by Gasteiger charge is 2.39. The Bertz CT molecular complexity index is 542. The minimum atomic E-state index is -0.287. The average molecular weight is 330 g/mol. The van der Waals surface area contributed by atoms with E-state index in [1.807, 2.05) is 0 Å². The van der Waals surface area contributed by atoms with E-state index >= 15 is 0 Å². The average Bonchev–Trinajstić information content (AvgIpc) is 2.63. The van der Waals surface area contributed by atoms with Crippen LogP contribution in [0.15, 0.2) is 30.9 Å². The first kappa shape index (κ1) is 15.4. The van der Waals surface area contributed by atoms with Crippen LogP contribution in [0.3, 0.4) is 0 Å². The topological polar surface area (TPSA) is 37.4 Å². The molecule has 0 bridgehead atoms. The van der Waals surface area contributed by atoms with Crippen LogP contribution in [0.25, 0.3) is 0 Å². The molecular formula is C14H13Cl2NO2S. The van der Waals surface area contributed by atoms with E-state index in [1.165, 1.54) is 4.90 Å². The molecule has 20 heavy (non-hydrogen) atoms. The molecule has 0 aliphatic carbocycles. The predicted octanol–water partition coefficient (Wildman–Crippen LogP) is 3.79. The first-order valence-electron chi connectivity index (χ1n) is 6.04.